The molecule has 0 aliphatic carbocycles. The molecule has 0 radical (unpaired) electrons. The number of benzene rings is 1. The fraction of sp³-hybridized carbons (Fsp3) is 0.714. The van der Waals surface area contributed by atoms with Crippen molar-refractivity contribution in [3.63, 3.8) is 0 Å². The van der Waals surface area contributed by atoms with Gasteiger partial charge in [0.2, 0.25) is 5.91 Å². The molecule has 0 atom stereocenters. The molecule has 1 fully saturated rings. The first-order chi connectivity index (χ1) is 16.9. The Labute approximate surface area is 212 Å². The van der Waals surface area contributed by atoms with E-state index in [-0.39, 0.29) is 11.8 Å². The summed E-state index contributed by atoms with van der Waals surface area (Å²) >= 11 is 0. The third-order valence-corrected chi connectivity index (χ3v) is 7.14. The van der Waals surface area contributed by atoms with Gasteiger partial charge in [-0.1, -0.05) is 33.1 Å². The molecule has 1 aromatic carbocycles. The van der Waals surface area contributed by atoms with Crippen LogP contribution in [0.2, 0.25) is 0 Å². The molecule has 7 heteroatoms. The number of hydrogen-bond acceptors (Lipinski definition) is 5. The third kappa shape index (κ3) is 8.29. The van der Waals surface area contributed by atoms with Gasteiger partial charge in [-0.2, -0.15) is 0 Å². The van der Waals surface area contributed by atoms with E-state index in [1.165, 1.54) is 19.3 Å². The molecule has 196 valence electrons. The van der Waals surface area contributed by atoms with Crippen molar-refractivity contribution in [2.24, 2.45) is 5.92 Å². The minimum Gasteiger partial charge on any atom is -0.383 e. The van der Waals surface area contributed by atoms with Gasteiger partial charge >= 0.3 is 0 Å². The highest BCUT2D eigenvalue weighted by Gasteiger charge is 2.24. The van der Waals surface area contributed by atoms with E-state index in [9.17, 15) is 9.59 Å². The Morgan fingerprint density at radius 3 is 2.26 bits per heavy atom. The van der Waals surface area contributed by atoms with Gasteiger partial charge in [-0.15, -0.1) is 0 Å². The van der Waals surface area contributed by atoms with Gasteiger partial charge in [0.15, 0.2) is 0 Å². The average Bonchev–Trinajstić information content (AvgIpc) is 2.83. The number of carbonyl (C=O) groups is 2. The van der Waals surface area contributed by atoms with Crippen LogP contribution >= 0.6 is 0 Å². The van der Waals surface area contributed by atoms with Crippen LogP contribution in [0.5, 0.6) is 0 Å². The molecule has 0 saturated carbocycles. The van der Waals surface area contributed by atoms with E-state index in [1.54, 1.807) is 14.0 Å². The lowest BCUT2D eigenvalue weighted by Crippen LogP contribution is -2.49. The summed E-state index contributed by atoms with van der Waals surface area (Å²) in [7, 11) is 1.72. The first kappa shape index (κ1) is 27.6. The van der Waals surface area contributed by atoms with E-state index >= 15 is 0 Å². The largest absolute Gasteiger partial charge is 0.383 e. The number of carbonyl (C=O) groups excluding carboxylic acids is 2. The van der Waals surface area contributed by atoms with Crippen molar-refractivity contribution in [3.8, 4) is 0 Å². The summed E-state index contributed by atoms with van der Waals surface area (Å²) in [5, 5.41) is 0. The predicted octanol–water partition coefficient (Wildman–Crippen LogP) is 3.87. The van der Waals surface area contributed by atoms with Crippen LogP contribution in [-0.2, 0) is 16.1 Å². The second kappa shape index (κ2) is 14.0. The molecular weight excluding hydrogens is 440 g/mol. The van der Waals surface area contributed by atoms with Crippen LogP contribution in [0.3, 0.4) is 0 Å². The zero-order chi connectivity index (χ0) is 25.2. The van der Waals surface area contributed by atoms with Crippen LogP contribution in [0.4, 0.5) is 5.69 Å². The van der Waals surface area contributed by atoms with Crippen LogP contribution in [0.1, 0.15) is 68.8 Å². The predicted molar refractivity (Wildman–Crippen MR) is 142 cm³/mol. The molecule has 2 amide bonds. The summed E-state index contributed by atoms with van der Waals surface area (Å²) in [4.78, 5) is 34.8. The number of amides is 2. The molecule has 0 bridgehead atoms. The average molecular weight is 487 g/mol. The molecule has 2 aliphatic rings. The van der Waals surface area contributed by atoms with Crippen LogP contribution in [-0.4, -0.2) is 92.6 Å². The van der Waals surface area contributed by atoms with E-state index in [1.807, 2.05) is 21.9 Å². The van der Waals surface area contributed by atoms with Crippen molar-refractivity contribution in [3.05, 3.63) is 29.3 Å². The lowest BCUT2D eigenvalue weighted by atomic mass is 10.0. The maximum atomic E-state index is 13.4. The Morgan fingerprint density at radius 2 is 1.60 bits per heavy atom. The molecule has 0 aromatic heterocycles. The molecule has 2 aliphatic heterocycles. The maximum Gasteiger partial charge on any atom is 0.253 e. The highest BCUT2D eigenvalue weighted by atomic mass is 16.5. The van der Waals surface area contributed by atoms with Crippen molar-refractivity contribution < 1.29 is 14.3 Å². The molecule has 1 aromatic rings. The van der Waals surface area contributed by atoms with Gasteiger partial charge in [0.05, 0.1) is 6.61 Å². The fourth-order valence-corrected chi connectivity index (χ4v) is 5.26. The highest BCUT2D eigenvalue weighted by molar-refractivity contribution is 5.97. The second-order valence-corrected chi connectivity index (χ2v) is 10.5. The first-order valence-electron chi connectivity index (χ1n) is 13.5. The van der Waals surface area contributed by atoms with Crippen molar-refractivity contribution >= 4 is 17.5 Å². The van der Waals surface area contributed by atoms with Crippen molar-refractivity contribution in [2.75, 3.05) is 71.0 Å². The number of piperazine rings is 1. The quantitative estimate of drug-likeness (QED) is 0.611. The van der Waals surface area contributed by atoms with Gasteiger partial charge in [-0.25, -0.2) is 0 Å². The number of methoxy groups -OCH3 is 1. The summed E-state index contributed by atoms with van der Waals surface area (Å²) in [6, 6.07) is 6.00. The SMILES string of the molecule is COCCN1CCN(C(=O)c2ccc3c(c2)CN(CC(C)C)CCCCCCCN3C(C)=O)CC1. The van der Waals surface area contributed by atoms with Gasteiger partial charge in [0.25, 0.3) is 5.91 Å². The fourth-order valence-electron chi connectivity index (χ4n) is 5.26. The lowest BCUT2D eigenvalue weighted by molar-refractivity contribution is -0.116. The Bertz CT molecular complexity index is 820. The first-order valence-corrected chi connectivity index (χ1v) is 13.5. The molecular formula is C28H46N4O3. The normalized spacial score (nSPS) is 19.2. The third-order valence-electron chi connectivity index (χ3n) is 7.14. The molecule has 0 spiro atoms. The zero-order valence-electron chi connectivity index (χ0n) is 22.4. The van der Waals surface area contributed by atoms with E-state index in [4.69, 9.17) is 4.74 Å². The minimum absolute atomic E-state index is 0.0741. The Balaban J connectivity index is 1.84. The summed E-state index contributed by atoms with van der Waals surface area (Å²) in [5.74, 6) is 0.731. The summed E-state index contributed by atoms with van der Waals surface area (Å²) < 4.78 is 5.20. The number of anilines is 1. The number of ether oxygens (including phenoxy) is 1. The van der Waals surface area contributed by atoms with E-state index < -0.39 is 0 Å². The molecule has 0 N–H and O–H groups in total. The van der Waals surface area contributed by atoms with E-state index in [2.05, 4.69) is 29.7 Å². The summed E-state index contributed by atoms with van der Waals surface area (Å²) in [5.41, 5.74) is 2.79. The summed E-state index contributed by atoms with van der Waals surface area (Å²) in [6.45, 7) is 14.6. The topological polar surface area (TPSA) is 56.3 Å². The van der Waals surface area contributed by atoms with Gasteiger partial charge in [0, 0.05) is 77.6 Å². The molecule has 0 unspecified atom stereocenters. The van der Waals surface area contributed by atoms with Crippen LogP contribution < -0.4 is 4.90 Å². The second-order valence-electron chi connectivity index (χ2n) is 10.5. The standard InChI is InChI=1S/C28H46N4O3/c1-23(2)21-30-12-8-6-5-7-9-13-32(24(3)33)27-11-10-25(20-26(27)22-30)28(34)31-16-14-29(15-17-31)18-19-35-4/h10-11,20,23H,5-9,12-19,21-22H2,1-4H3. The van der Waals surface area contributed by atoms with Crippen LogP contribution in [0, 0.1) is 5.92 Å². The van der Waals surface area contributed by atoms with Gasteiger partial charge in [-0.3, -0.25) is 19.4 Å². The molecule has 7 nitrogen and oxygen atoms in total. The van der Waals surface area contributed by atoms with Crippen molar-refractivity contribution in [2.45, 2.75) is 59.4 Å². The number of fused-ring (bicyclic) bond motifs is 1. The van der Waals surface area contributed by atoms with Gasteiger partial charge in [0.1, 0.15) is 0 Å². The molecule has 1 saturated heterocycles. The van der Waals surface area contributed by atoms with Crippen molar-refractivity contribution in [1.29, 1.82) is 0 Å². The monoisotopic (exact) mass is 486 g/mol. The van der Waals surface area contributed by atoms with E-state index in [0.717, 1.165) is 95.2 Å². The van der Waals surface area contributed by atoms with Gasteiger partial charge < -0.3 is 14.5 Å². The lowest BCUT2D eigenvalue weighted by Gasteiger charge is -2.35. The number of nitrogens with zero attached hydrogens (tertiary/aromatic N) is 4. The van der Waals surface area contributed by atoms with Crippen LogP contribution in [0.25, 0.3) is 0 Å². The minimum atomic E-state index is 0.0741. The summed E-state index contributed by atoms with van der Waals surface area (Å²) in [6.07, 6.45) is 5.82. The molecule has 35 heavy (non-hydrogen) atoms. The Hall–Kier alpha value is -1.96. The number of hydrogen-bond donors (Lipinski definition) is 0. The smallest absolute Gasteiger partial charge is 0.253 e. The number of rotatable bonds is 6. The Morgan fingerprint density at radius 1 is 0.914 bits per heavy atom. The van der Waals surface area contributed by atoms with Crippen molar-refractivity contribution in [1.82, 2.24) is 14.7 Å². The Kier molecular flexibility index (Phi) is 11.0. The maximum absolute atomic E-state index is 13.4. The van der Waals surface area contributed by atoms with Crippen LogP contribution in [0.15, 0.2) is 18.2 Å². The molecule has 3 rings (SSSR count). The highest BCUT2D eigenvalue weighted by Crippen LogP contribution is 2.27. The van der Waals surface area contributed by atoms with Gasteiger partial charge in [-0.05, 0) is 49.1 Å². The molecule has 2 heterocycles. The zero-order valence-corrected chi connectivity index (χ0v) is 22.4. The van der Waals surface area contributed by atoms with E-state index in [0.29, 0.717) is 5.92 Å².